The highest BCUT2D eigenvalue weighted by Crippen LogP contribution is 2.40. The fourth-order valence-corrected chi connectivity index (χ4v) is 4.32. The predicted molar refractivity (Wildman–Crippen MR) is 108 cm³/mol. The van der Waals surface area contributed by atoms with E-state index in [2.05, 4.69) is 5.32 Å². The number of nitrogens with one attached hydrogen (secondary N) is 1. The van der Waals surface area contributed by atoms with Gasteiger partial charge in [0.1, 0.15) is 0 Å². The van der Waals surface area contributed by atoms with Gasteiger partial charge in [0.25, 0.3) is 5.91 Å². The molecule has 4 rings (SSSR count). The van der Waals surface area contributed by atoms with Crippen LogP contribution in [0.5, 0.6) is 0 Å². The second kappa shape index (κ2) is 7.58. The van der Waals surface area contributed by atoms with Gasteiger partial charge in [-0.2, -0.15) is 0 Å². The van der Waals surface area contributed by atoms with Crippen LogP contribution in [0.3, 0.4) is 0 Å². The zero-order valence-corrected chi connectivity index (χ0v) is 16.0. The molecule has 5 nitrogen and oxygen atoms in total. The molecule has 1 aliphatic heterocycles. The molecule has 2 atom stereocenters. The highest BCUT2D eigenvalue weighted by atomic mass is 16.2. The Balaban J connectivity index is 1.52. The SMILES string of the molecule is CCc1ccccc1NC(=O)c1ccc(N2C(=O)[C@H]3CCCC[C@H]3C2=O)cc1. The van der Waals surface area contributed by atoms with Crippen LogP contribution < -0.4 is 10.2 Å². The number of carbonyl (C=O) groups is 3. The van der Waals surface area contributed by atoms with Crippen molar-refractivity contribution >= 4 is 29.1 Å². The van der Waals surface area contributed by atoms with Crippen LogP contribution in [0.2, 0.25) is 0 Å². The van der Waals surface area contributed by atoms with Gasteiger partial charge in [0.15, 0.2) is 0 Å². The van der Waals surface area contributed by atoms with E-state index in [1.54, 1.807) is 24.3 Å². The molecule has 0 unspecified atom stereocenters. The Kier molecular flexibility index (Phi) is 4.99. The van der Waals surface area contributed by atoms with Crippen LogP contribution in [0.15, 0.2) is 48.5 Å². The van der Waals surface area contributed by atoms with Crippen LogP contribution in [-0.4, -0.2) is 17.7 Å². The van der Waals surface area contributed by atoms with Crippen LogP contribution >= 0.6 is 0 Å². The summed E-state index contributed by atoms with van der Waals surface area (Å²) < 4.78 is 0. The lowest BCUT2D eigenvalue weighted by atomic mass is 9.81. The van der Waals surface area contributed by atoms with E-state index in [0.29, 0.717) is 11.3 Å². The second-order valence-corrected chi connectivity index (χ2v) is 7.52. The number of benzene rings is 2. The van der Waals surface area contributed by atoms with Crippen molar-refractivity contribution in [2.24, 2.45) is 11.8 Å². The van der Waals surface area contributed by atoms with E-state index in [9.17, 15) is 14.4 Å². The summed E-state index contributed by atoms with van der Waals surface area (Å²) in [5.74, 6) is -0.739. The van der Waals surface area contributed by atoms with Gasteiger partial charge in [-0.15, -0.1) is 0 Å². The van der Waals surface area contributed by atoms with Crippen molar-refractivity contribution in [3.05, 3.63) is 59.7 Å². The first kappa shape index (κ1) is 18.4. The molecule has 0 aromatic heterocycles. The molecule has 0 bridgehead atoms. The highest BCUT2D eigenvalue weighted by molar-refractivity contribution is 6.22. The molecule has 2 aromatic carbocycles. The molecule has 2 aliphatic rings. The maximum absolute atomic E-state index is 12.7. The lowest BCUT2D eigenvalue weighted by Gasteiger charge is -2.19. The standard InChI is InChI=1S/C23H24N2O3/c1-2-15-7-3-6-10-20(15)24-21(26)16-11-13-17(14-12-16)25-22(27)18-8-4-5-9-19(18)23(25)28/h3,6-7,10-14,18-19H,2,4-5,8-9H2,1H3,(H,24,26)/t18-,19+. The van der Waals surface area contributed by atoms with Crippen molar-refractivity contribution in [2.75, 3.05) is 10.2 Å². The van der Waals surface area contributed by atoms with E-state index in [4.69, 9.17) is 0 Å². The number of hydrogen-bond donors (Lipinski definition) is 1. The van der Waals surface area contributed by atoms with E-state index >= 15 is 0 Å². The van der Waals surface area contributed by atoms with Crippen molar-refractivity contribution in [2.45, 2.75) is 39.0 Å². The highest BCUT2D eigenvalue weighted by Gasteiger charge is 2.48. The molecular formula is C23H24N2O3. The van der Waals surface area contributed by atoms with Crippen molar-refractivity contribution in [3.8, 4) is 0 Å². The van der Waals surface area contributed by atoms with Gasteiger partial charge in [-0.05, 0) is 55.2 Å². The monoisotopic (exact) mass is 376 g/mol. The van der Waals surface area contributed by atoms with Crippen LogP contribution in [0.4, 0.5) is 11.4 Å². The normalized spacial score (nSPS) is 21.5. The van der Waals surface area contributed by atoms with Gasteiger partial charge in [0.2, 0.25) is 11.8 Å². The van der Waals surface area contributed by atoms with Gasteiger partial charge < -0.3 is 5.32 Å². The van der Waals surface area contributed by atoms with Crippen molar-refractivity contribution < 1.29 is 14.4 Å². The zero-order valence-electron chi connectivity index (χ0n) is 16.0. The molecular weight excluding hydrogens is 352 g/mol. The zero-order chi connectivity index (χ0) is 19.7. The average Bonchev–Trinajstić information content (AvgIpc) is 2.99. The first-order chi connectivity index (χ1) is 13.6. The minimum absolute atomic E-state index is 0.0937. The molecule has 144 valence electrons. The van der Waals surface area contributed by atoms with Crippen LogP contribution in [-0.2, 0) is 16.0 Å². The predicted octanol–water partition coefficient (Wildman–Crippen LogP) is 4.18. The van der Waals surface area contributed by atoms with Gasteiger partial charge in [0, 0.05) is 11.3 Å². The van der Waals surface area contributed by atoms with Gasteiger partial charge in [-0.25, -0.2) is 0 Å². The molecule has 3 amide bonds. The Hall–Kier alpha value is -2.95. The fraction of sp³-hybridized carbons (Fsp3) is 0.348. The maximum Gasteiger partial charge on any atom is 0.255 e. The van der Waals surface area contributed by atoms with Crippen LogP contribution in [0.1, 0.15) is 48.5 Å². The Labute approximate surface area is 164 Å². The Morgan fingerprint density at radius 3 is 2.18 bits per heavy atom. The molecule has 0 radical (unpaired) electrons. The number of rotatable bonds is 4. The van der Waals surface area contributed by atoms with Crippen LogP contribution in [0, 0.1) is 11.8 Å². The largest absolute Gasteiger partial charge is 0.322 e. The third-order valence-electron chi connectivity index (χ3n) is 5.88. The molecule has 2 fully saturated rings. The molecule has 1 N–H and O–H groups in total. The number of amides is 3. The summed E-state index contributed by atoms with van der Waals surface area (Å²) >= 11 is 0. The lowest BCUT2D eigenvalue weighted by Crippen LogP contribution is -2.30. The average molecular weight is 376 g/mol. The number of hydrogen-bond acceptors (Lipinski definition) is 3. The number of aryl methyl sites for hydroxylation is 1. The Morgan fingerprint density at radius 2 is 1.57 bits per heavy atom. The molecule has 1 aliphatic carbocycles. The topological polar surface area (TPSA) is 66.5 Å². The minimum Gasteiger partial charge on any atom is -0.322 e. The first-order valence-electron chi connectivity index (χ1n) is 9.97. The smallest absolute Gasteiger partial charge is 0.255 e. The molecule has 0 spiro atoms. The van der Waals surface area contributed by atoms with E-state index < -0.39 is 0 Å². The quantitative estimate of drug-likeness (QED) is 0.814. The third-order valence-corrected chi connectivity index (χ3v) is 5.88. The molecule has 1 saturated heterocycles. The lowest BCUT2D eigenvalue weighted by molar-refractivity contribution is -0.122. The van der Waals surface area contributed by atoms with E-state index in [1.807, 2.05) is 31.2 Å². The van der Waals surface area contributed by atoms with Gasteiger partial charge in [0.05, 0.1) is 17.5 Å². The summed E-state index contributed by atoms with van der Waals surface area (Å²) in [5.41, 5.74) is 2.91. The molecule has 1 heterocycles. The van der Waals surface area contributed by atoms with Gasteiger partial charge in [-0.3, -0.25) is 19.3 Å². The minimum atomic E-state index is -0.208. The summed E-state index contributed by atoms with van der Waals surface area (Å²) in [6.45, 7) is 2.04. The Bertz CT molecular complexity index is 896. The fourth-order valence-electron chi connectivity index (χ4n) is 4.32. The number of carbonyl (C=O) groups excluding carboxylic acids is 3. The summed E-state index contributed by atoms with van der Waals surface area (Å²) in [6, 6.07) is 14.4. The van der Waals surface area contributed by atoms with E-state index in [1.165, 1.54) is 4.90 Å². The summed E-state index contributed by atoms with van der Waals surface area (Å²) in [5, 5.41) is 2.94. The second-order valence-electron chi connectivity index (χ2n) is 7.52. The number of nitrogens with zero attached hydrogens (tertiary/aromatic N) is 1. The summed E-state index contributed by atoms with van der Waals surface area (Å²) in [7, 11) is 0. The van der Waals surface area contributed by atoms with E-state index in [0.717, 1.165) is 43.4 Å². The van der Waals surface area contributed by atoms with Crippen LogP contribution in [0.25, 0.3) is 0 Å². The number of anilines is 2. The molecule has 2 aromatic rings. The number of fused-ring (bicyclic) bond motifs is 1. The number of para-hydroxylation sites is 1. The molecule has 5 heteroatoms. The third kappa shape index (κ3) is 3.21. The molecule has 28 heavy (non-hydrogen) atoms. The van der Waals surface area contributed by atoms with Crippen molar-refractivity contribution in [1.82, 2.24) is 0 Å². The summed E-state index contributed by atoms with van der Waals surface area (Å²) in [6.07, 6.45) is 4.43. The first-order valence-corrected chi connectivity index (χ1v) is 9.97. The Morgan fingerprint density at radius 1 is 0.964 bits per heavy atom. The maximum atomic E-state index is 12.7. The van der Waals surface area contributed by atoms with Crippen molar-refractivity contribution in [3.63, 3.8) is 0 Å². The number of imide groups is 1. The van der Waals surface area contributed by atoms with Gasteiger partial charge >= 0.3 is 0 Å². The van der Waals surface area contributed by atoms with Gasteiger partial charge in [-0.1, -0.05) is 38.0 Å². The van der Waals surface area contributed by atoms with Crippen molar-refractivity contribution in [1.29, 1.82) is 0 Å². The van der Waals surface area contributed by atoms with E-state index in [-0.39, 0.29) is 29.6 Å². The summed E-state index contributed by atoms with van der Waals surface area (Å²) in [4.78, 5) is 39.3. The molecule has 1 saturated carbocycles.